The maximum atomic E-state index is 5.18. The molecule has 0 saturated carbocycles. The monoisotopic (exact) mass is 288 g/mol. The summed E-state index contributed by atoms with van der Waals surface area (Å²) in [5.74, 6) is 1.92. The van der Waals surface area contributed by atoms with Crippen LogP contribution >= 0.6 is 27.7 Å². The minimum absolute atomic E-state index is 0.686. The molecule has 0 spiro atoms. The van der Waals surface area contributed by atoms with Crippen molar-refractivity contribution in [2.75, 3.05) is 20.3 Å². The number of benzene rings is 1. The summed E-state index contributed by atoms with van der Waals surface area (Å²) in [7, 11) is 1.68. The Labute approximate surface area is 102 Å². The van der Waals surface area contributed by atoms with Gasteiger partial charge in [0.1, 0.15) is 5.75 Å². The van der Waals surface area contributed by atoms with Crippen LogP contribution in [0, 0.1) is 0 Å². The predicted molar refractivity (Wildman–Crippen MR) is 66.6 cm³/mol. The van der Waals surface area contributed by atoms with Gasteiger partial charge >= 0.3 is 0 Å². The van der Waals surface area contributed by atoms with Gasteiger partial charge in [-0.3, -0.25) is 0 Å². The van der Waals surface area contributed by atoms with E-state index in [0.717, 1.165) is 29.2 Å². The molecule has 15 heavy (non-hydrogen) atoms. The van der Waals surface area contributed by atoms with Crippen molar-refractivity contribution in [2.24, 2.45) is 0 Å². The van der Waals surface area contributed by atoms with Crippen molar-refractivity contribution in [2.45, 2.75) is 11.0 Å². The molecule has 82 valence electrons. The number of rotatable bonds is 4. The smallest absolute Gasteiger partial charge is 0.133 e. The fraction of sp³-hybridized carbons (Fsp3) is 0.455. The van der Waals surface area contributed by atoms with Crippen LogP contribution in [0.25, 0.3) is 0 Å². The Kier molecular flexibility index (Phi) is 3.94. The summed E-state index contributed by atoms with van der Waals surface area (Å²) >= 11 is 5.44. The largest absolute Gasteiger partial charge is 0.496 e. The van der Waals surface area contributed by atoms with Crippen LogP contribution in [0.4, 0.5) is 0 Å². The molecule has 1 aromatic carbocycles. The number of hydrogen-bond acceptors (Lipinski definition) is 3. The number of halogens is 1. The van der Waals surface area contributed by atoms with Gasteiger partial charge in [-0.2, -0.15) is 0 Å². The molecule has 0 atom stereocenters. The average Bonchev–Trinajstić information content (AvgIpc) is 2.16. The van der Waals surface area contributed by atoms with Gasteiger partial charge in [0.25, 0.3) is 0 Å². The lowest BCUT2D eigenvalue weighted by molar-refractivity contribution is 0.0455. The first-order valence-electron chi connectivity index (χ1n) is 4.81. The van der Waals surface area contributed by atoms with Gasteiger partial charge in [-0.25, -0.2) is 0 Å². The van der Waals surface area contributed by atoms with E-state index in [4.69, 9.17) is 9.47 Å². The predicted octanol–water partition coefficient (Wildman–Crippen LogP) is 3.09. The van der Waals surface area contributed by atoms with Gasteiger partial charge in [-0.15, -0.1) is 11.8 Å². The van der Waals surface area contributed by atoms with Gasteiger partial charge in [0, 0.05) is 5.75 Å². The molecule has 1 aliphatic rings. The van der Waals surface area contributed by atoms with Crippen molar-refractivity contribution in [3.63, 3.8) is 0 Å². The highest BCUT2D eigenvalue weighted by atomic mass is 79.9. The summed E-state index contributed by atoms with van der Waals surface area (Å²) < 4.78 is 11.3. The molecule has 1 aromatic rings. The summed E-state index contributed by atoms with van der Waals surface area (Å²) in [6, 6.07) is 6.22. The minimum Gasteiger partial charge on any atom is -0.496 e. The Bertz CT molecular complexity index is 339. The molecule has 1 saturated heterocycles. The zero-order chi connectivity index (χ0) is 10.7. The summed E-state index contributed by atoms with van der Waals surface area (Å²) in [6.45, 7) is 1.81. The van der Waals surface area contributed by atoms with Crippen LogP contribution in [-0.2, 0) is 10.5 Å². The topological polar surface area (TPSA) is 18.5 Å². The second-order valence-electron chi connectivity index (χ2n) is 3.44. The molecule has 0 amide bonds. The Morgan fingerprint density at radius 1 is 1.53 bits per heavy atom. The van der Waals surface area contributed by atoms with Crippen molar-refractivity contribution in [1.29, 1.82) is 0 Å². The zero-order valence-corrected chi connectivity index (χ0v) is 10.9. The molecule has 0 bridgehead atoms. The van der Waals surface area contributed by atoms with Gasteiger partial charge in [-0.05, 0) is 33.6 Å². The second-order valence-corrected chi connectivity index (χ2v) is 5.58. The fourth-order valence-electron chi connectivity index (χ4n) is 1.32. The highest BCUT2D eigenvalue weighted by molar-refractivity contribution is 9.10. The first-order valence-corrected chi connectivity index (χ1v) is 6.65. The molecule has 0 N–H and O–H groups in total. The Morgan fingerprint density at radius 2 is 2.33 bits per heavy atom. The molecule has 0 unspecified atom stereocenters. The number of methoxy groups -OCH3 is 1. The van der Waals surface area contributed by atoms with Gasteiger partial charge in [-0.1, -0.05) is 6.07 Å². The first-order chi connectivity index (χ1) is 7.29. The standard InChI is InChI=1S/C11H13BrO2S/c1-13-11-3-2-8(4-10(11)12)7-15-9-5-14-6-9/h2-4,9H,5-7H2,1H3. The van der Waals surface area contributed by atoms with Crippen LogP contribution < -0.4 is 4.74 Å². The number of thioether (sulfide) groups is 1. The third-order valence-electron chi connectivity index (χ3n) is 2.31. The number of ether oxygens (including phenoxy) is 2. The van der Waals surface area contributed by atoms with Crippen molar-refractivity contribution < 1.29 is 9.47 Å². The number of hydrogen-bond donors (Lipinski definition) is 0. The van der Waals surface area contributed by atoms with Crippen LogP contribution in [0.15, 0.2) is 22.7 Å². The summed E-state index contributed by atoms with van der Waals surface area (Å²) in [4.78, 5) is 0. The molecule has 0 aromatic heterocycles. The average molecular weight is 289 g/mol. The third kappa shape index (κ3) is 2.89. The lowest BCUT2D eigenvalue weighted by atomic mass is 10.2. The summed E-state index contributed by atoms with van der Waals surface area (Å²) in [5, 5.41) is 0.686. The van der Waals surface area contributed by atoms with E-state index >= 15 is 0 Å². The molecular formula is C11H13BrO2S. The van der Waals surface area contributed by atoms with E-state index < -0.39 is 0 Å². The van der Waals surface area contributed by atoms with Crippen molar-refractivity contribution in [3.8, 4) is 5.75 Å². The normalized spacial score (nSPS) is 16.1. The lowest BCUT2D eigenvalue weighted by Crippen LogP contribution is -2.30. The third-order valence-corrected chi connectivity index (χ3v) is 4.17. The van der Waals surface area contributed by atoms with E-state index in [1.54, 1.807) is 7.11 Å². The Balaban J connectivity index is 1.93. The van der Waals surface area contributed by atoms with Crippen molar-refractivity contribution in [3.05, 3.63) is 28.2 Å². The molecule has 2 nitrogen and oxygen atoms in total. The molecule has 2 rings (SSSR count). The van der Waals surface area contributed by atoms with Crippen LogP contribution in [0.1, 0.15) is 5.56 Å². The van der Waals surface area contributed by atoms with Crippen molar-refractivity contribution >= 4 is 27.7 Å². The molecule has 0 aliphatic carbocycles. The van der Waals surface area contributed by atoms with Crippen molar-refractivity contribution in [1.82, 2.24) is 0 Å². The molecule has 4 heteroatoms. The summed E-state index contributed by atoms with van der Waals surface area (Å²) in [5.41, 5.74) is 1.32. The van der Waals surface area contributed by atoms with Gasteiger partial charge in [0.15, 0.2) is 0 Å². The second kappa shape index (κ2) is 5.23. The minimum atomic E-state index is 0.686. The van der Waals surface area contributed by atoms with Gasteiger partial charge < -0.3 is 9.47 Å². The molecule has 1 fully saturated rings. The Hall–Kier alpha value is -0.190. The van der Waals surface area contributed by atoms with E-state index in [0.29, 0.717) is 5.25 Å². The first kappa shape index (κ1) is 11.3. The van der Waals surface area contributed by atoms with E-state index in [9.17, 15) is 0 Å². The van der Waals surface area contributed by atoms with Gasteiger partial charge in [0.2, 0.25) is 0 Å². The molecule has 0 radical (unpaired) electrons. The highest BCUT2D eigenvalue weighted by Crippen LogP contribution is 2.29. The lowest BCUT2D eigenvalue weighted by Gasteiger charge is -2.25. The maximum Gasteiger partial charge on any atom is 0.133 e. The molecular weight excluding hydrogens is 276 g/mol. The van der Waals surface area contributed by atoms with Gasteiger partial charge in [0.05, 0.1) is 30.0 Å². The van der Waals surface area contributed by atoms with E-state index in [-0.39, 0.29) is 0 Å². The van der Waals surface area contributed by atoms with Crippen LogP contribution in [0.5, 0.6) is 5.75 Å². The SMILES string of the molecule is COc1ccc(CSC2COC2)cc1Br. The molecule has 1 heterocycles. The van der Waals surface area contributed by atoms with Crippen LogP contribution in [0.2, 0.25) is 0 Å². The summed E-state index contributed by atoms with van der Waals surface area (Å²) in [6.07, 6.45) is 0. The van der Waals surface area contributed by atoms with E-state index in [1.807, 2.05) is 17.8 Å². The molecule has 1 aliphatic heterocycles. The van der Waals surface area contributed by atoms with Crippen LogP contribution in [-0.4, -0.2) is 25.6 Å². The van der Waals surface area contributed by atoms with E-state index in [1.165, 1.54) is 5.56 Å². The Morgan fingerprint density at radius 3 is 2.87 bits per heavy atom. The highest BCUT2D eigenvalue weighted by Gasteiger charge is 2.18. The maximum absolute atomic E-state index is 5.18. The van der Waals surface area contributed by atoms with Crippen LogP contribution in [0.3, 0.4) is 0 Å². The zero-order valence-electron chi connectivity index (χ0n) is 8.53. The van der Waals surface area contributed by atoms with E-state index in [2.05, 4.69) is 28.1 Å². The quantitative estimate of drug-likeness (QED) is 0.848. The fourth-order valence-corrected chi connectivity index (χ4v) is 2.90.